The largest absolute Gasteiger partial charge is 0.369 e. The molecule has 14 heavy (non-hydrogen) atoms. The minimum Gasteiger partial charge on any atom is -0.369 e. The van der Waals surface area contributed by atoms with Crippen LogP contribution in [-0.4, -0.2) is 24.1 Å². The van der Waals surface area contributed by atoms with Crippen LogP contribution < -0.4 is 10.6 Å². The highest BCUT2D eigenvalue weighted by Crippen LogP contribution is 2.02. The number of aryl methyl sites for hydroxylation is 1. The highest BCUT2D eigenvalue weighted by atomic mass is 15.0. The smallest absolute Gasteiger partial charge is 0.126 e. The zero-order chi connectivity index (χ0) is 10.4. The van der Waals surface area contributed by atoms with Gasteiger partial charge in [-0.2, -0.15) is 0 Å². The molecule has 0 bridgehead atoms. The first-order valence-corrected chi connectivity index (χ1v) is 5.09. The highest BCUT2D eigenvalue weighted by Gasteiger charge is 1.94. The summed E-state index contributed by atoms with van der Waals surface area (Å²) in [7, 11) is 0. The number of hydrogen-bond donors (Lipinski definition) is 2. The minimum absolute atomic E-state index is 0.544. The second kappa shape index (κ2) is 5.60. The molecule has 2 N–H and O–H groups in total. The summed E-state index contributed by atoms with van der Waals surface area (Å²) in [6.45, 7) is 8.16. The van der Waals surface area contributed by atoms with Crippen LogP contribution in [0.5, 0.6) is 0 Å². The third-order valence-corrected chi connectivity index (χ3v) is 1.87. The molecule has 1 heterocycles. The van der Waals surface area contributed by atoms with Gasteiger partial charge in [-0.3, -0.25) is 0 Å². The summed E-state index contributed by atoms with van der Waals surface area (Å²) in [6.07, 6.45) is 0. The molecule has 0 unspecified atom stereocenters. The van der Waals surface area contributed by atoms with Crippen molar-refractivity contribution in [2.45, 2.75) is 26.8 Å². The lowest BCUT2D eigenvalue weighted by molar-refractivity contribution is 0.602. The van der Waals surface area contributed by atoms with Gasteiger partial charge in [0.1, 0.15) is 5.82 Å². The first kappa shape index (κ1) is 11.0. The van der Waals surface area contributed by atoms with Gasteiger partial charge in [-0.15, -0.1) is 0 Å². The van der Waals surface area contributed by atoms with Gasteiger partial charge >= 0.3 is 0 Å². The molecule has 0 aromatic carbocycles. The van der Waals surface area contributed by atoms with Crippen molar-refractivity contribution in [3.63, 3.8) is 0 Å². The maximum absolute atomic E-state index is 4.35. The van der Waals surface area contributed by atoms with E-state index in [9.17, 15) is 0 Å². The molecule has 3 nitrogen and oxygen atoms in total. The Kier molecular flexibility index (Phi) is 4.40. The Bertz CT molecular complexity index is 271. The molecule has 78 valence electrons. The number of nitrogens with one attached hydrogen (secondary N) is 2. The molecular formula is C11H19N3. The third-order valence-electron chi connectivity index (χ3n) is 1.87. The molecule has 0 aliphatic rings. The van der Waals surface area contributed by atoms with Crippen molar-refractivity contribution < 1.29 is 0 Å². The maximum atomic E-state index is 4.35. The highest BCUT2D eigenvalue weighted by molar-refractivity contribution is 5.34. The summed E-state index contributed by atoms with van der Waals surface area (Å²) in [4.78, 5) is 4.35. The predicted molar refractivity (Wildman–Crippen MR) is 60.6 cm³/mol. The Morgan fingerprint density at radius 2 is 2.07 bits per heavy atom. The molecule has 0 radical (unpaired) electrons. The van der Waals surface area contributed by atoms with Crippen molar-refractivity contribution in [3.8, 4) is 0 Å². The number of aromatic nitrogens is 1. The SMILES string of the molecule is Cc1cccc(NCCNC(C)C)n1. The van der Waals surface area contributed by atoms with Crippen molar-refractivity contribution in [2.75, 3.05) is 18.4 Å². The fraction of sp³-hybridized carbons (Fsp3) is 0.545. The van der Waals surface area contributed by atoms with Gasteiger partial charge in [0.05, 0.1) is 0 Å². The second-order valence-electron chi connectivity index (χ2n) is 3.70. The second-order valence-corrected chi connectivity index (χ2v) is 3.70. The zero-order valence-electron chi connectivity index (χ0n) is 9.17. The summed E-state index contributed by atoms with van der Waals surface area (Å²) >= 11 is 0. The van der Waals surface area contributed by atoms with Crippen molar-refractivity contribution in [1.29, 1.82) is 0 Å². The summed E-state index contributed by atoms with van der Waals surface area (Å²) in [6, 6.07) is 6.54. The molecule has 0 fully saturated rings. The fourth-order valence-corrected chi connectivity index (χ4v) is 1.19. The Morgan fingerprint density at radius 1 is 1.29 bits per heavy atom. The fourth-order valence-electron chi connectivity index (χ4n) is 1.19. The van der Waals surface area contributed by atoms with Crippen LogP contribution in [0.3, 0.4) is 0 Å². The Morgan fingerprint density at radius 3 is 2.71 bits per heavy atom. The molecule has 0 saturated heterocycles. The van der Waals surface area contributed by atoms with E-state index in [1.165, 1.54) is 0 Å². The molecule has 1 aromatic heterocycles. The third kappa shape index (κ3) is 4.23. The summed E-state index contributed by atoms with van der Waals surface area (Å²) in [5.74, 6) is 0.954. The van der Waals surface area contributed by atoms with E-state index in [4.69, 9.17) is 0 Å². The van der Waals surface area contributed by atoms with Crippen molar-refractivity contribution in [1.82, 2.24) is 10.3 Å². The quantitative estimate of drug-likeness (QED) is 0.700. The van der Waals surface area contributed by atoms with Crippen molar-refractivity contribution >= 4 is 5.82 Å². The van der Waals surface area contributed by atoms with E-state index in [-0.39, 0.29) is 0 Å². The lowest BCUT2D eigenvalue weighted by Crippen LogP contribution is -2.28. The van der Waals surface area contributed by atoms with Gasteiger partial charge in [0, 0.05) is 24.8 Å². The van der Waals surface area contributed by atoms with E-state index < -0.39 is 0 Å². The summed E-state index contributed by atoms with van der Waals surface area (Å²) in [5, 5.41) is 6.61. The predicted octanol–water partition coefficient (Wildman–Crippen LogP) is 1.80. The molecule has 0 saturated carbocycles. The van der Waals surface area contributed by atoms with Crippen LogP contribution in [0.15, 0.2) is 18.2 Å². The van der Waals surface area contributed by atoms with Crippen LogP contribution >= 0.6 is 0 Å². The van der Waals surface area contributed by atoms with E-state index in [2.05, 4.69) is 29.5 Å². The van der Waals surface area contributed by atoms with Gasteiger partial charge < -0.3 is 10.6 Å². The van der Waals surface area contributed by atoms with Crippen LogP contribution in [0.2, 0.25) is 0 Å². The normalized spacial score (nSPS) is 10.6. The van der Waals surface area contributed by atoms with Gasteiger partial charge in [0.25, 0.3) is 0 Å². The van der Waals surface area contributed by atoms with Crippen molar-refractivity contribution in [3.05, 3.63) is 23.9 Å². The topological polar surface area (TPSA) is 37.0 Å². The van der Waals surface area contributed by atoms with Gasteiger partial charge in [-0.05, 0) is 19.1 Å². The minimum atomic E-state index is 0.544. The van der Waals surface area contributed by atoms with Crippen LogP contribution in [-0.2, 0) is 0 Å². The number of pyridine rings is 1. The van der Waals surface area contributed by atoms with Crippen LogP contribution in [0.4, 0.5) is 5.82 Å². The first-order valence-electron chi connectivity index (χ1n) is 5.09. The Labute approximate surface area is 85.9 Å². The molecule has 1 aromatic rings. The van der Waals surface area contributed by atoms with Crippen LogP contribution in [0.25, 0.3) is 0 Å². The van der Waals surface area contributed by atoms with E-state index in [0.29, 0.717) is 6.04 Å². The lowest BCUT2D eigenvalue weighted by atomic mass is 10.3. The number of anilines is 1. The van der Waals surface area contributed by atoms with Gasteiger partial charge in [0.2, 0.25) is 0 Å². The first-order chi connectivity index (χ1) is 6.68. The average molecular weight is 193 g/mol. The number of rotatable bonds is 5. The van der Waals surface area contributed by atoms with E-state index >= 15 is 0 Å². The van der Waals surface area contributed by atoms with E-state index in [0.717, 1.165) is 24.6 Å². The Hall–Kier alpha value is -1.09. The van der Waals surface area contributed by atoms with E-state index in [1.54, 1.807) is 0 Å². The standard InChI is InChI=1S/C11H19N3/c1-9(2)12-7-8-13-11-6-4-5-10(3)14-11/h4-6,9,12H,7-8H2,1-3H3,(H,13,14). The molecule has 1 rings (SSSR count). The van der Waals surface area contributed by atoms with Gasteiger partial charge in [0.15, 0.2) is 0 Å². The molecule has 0 aliphatic carbocycles. The molecule has 0 atom stereocenters. The molecular weight excluding hydrogens is 174 g/mol. The maximum Gasteiger partial charge on any atom is 0.126 e. The van der Waals surface area contributed by atoms with Crippen LogP contribution in [0.1, 0.15) is 19.5 Å². The molecule has 0 spiro atoms. The molecule has 0 amide bonds. The average Bonchev–Trinajstić information content (AvgIpc) is 2.12. The molecule has 0 aliphatic heterocycles. The van der Waals surface area contributed by atoms with E-state index in [1.807, 2.05) is 25.1 Å². The summed E-state index contributed by atoms with van der Waals surface area (Å²) < 4.78 is 0. The van der Waals surface area contributed by atoms with Gasteiger partial charge in [-0.25, -0.2) is 4.98 Å². The number of hydrogen-bond acceptors (Lipinski definition) is 3. The van der Waals surface area contributed by atoms with Crippen LogP contribution in [0, 0.1) is 6.92 Å². The Balaban J connectivity index is 2.25. The van der Waals surface area contributed by atoms with Crippen molar-refractivity contribution in [2.24, 2.45) is 0 Å². The molecule has 3 heteroatoms. The number of nitrogens with zero attached hydrogens (tertiary/aromatic N) is 1. The lowest BCUT2D eigenvalue weighted by Gasteiger charge is -2.09. The monoisotopic (exact) mass is 193 g/mol. The zero-order valence-corrected chi connectivity index (χ0v) is 9.17. The van der Waals surface area contributed by atoms with Gasteiger partial charge in [-0.1, -0.05) is 19.9 Å². The summed E-state index contributed by atoms with van der Waals surface area (Å²) in [5.41, 5.74) is 1.05.